The Morgan fingerprint density at radius 2 is 1.79 bits per heavy atom. The lowest BCUT2D eigenvalue weighted by molar-refractivity contribution is -0.133. The van der Waals surface area contributed by atoms with Crippen molar-refractivity contribution in [2.75, 3.05) is 29.8 Å². The summed E-state index contributed by atoms with van der Waals surface area (Å²) >= 11 is 0. The summed E-state index contributed by atoms with van der Waals surface area (Å²) in [7, 11) is -3.36. The minimum absolute atomic E-state index is 0.00276. The molecule has 2 atom stereocenters. The number of anilines is 2. The van der Waals surface area contributed by atoms with Crippen LogP contribution in [0.25, 0.3) is 22.0 Å². The number of rotatable bonds is 8. The monoisotopic (exact) mass is 667 g/mol. The minimum atomic E-state index is -4.59. The highest BCUT2D eigenvalue weighted by Crippen LogP contribution is 2.38. The Kier molecular flexibility index (Phi) is 8.22. The van der Waals surface area contributed by atoms with E-state index in [-0.39, 0.29) is 69.5 Å². The number of ketones is 1. The Hall–Kier alpha value is -5.05. The minimum Gasteiger partial charge on any atom is -0.480 e. The standard InChI is InChI=1S/C32H29F3N6O5S/c1-18(42)6-11-28(43)41-21-4-3-5-22(41)16-40(15-21)31-29-25(37-17-38-31)9-8-23(30(29)35)19-12-26(32(46-2)36-14-19)39-47(44,45)27-10-7-20(33)13-24(27)34/h6-14,17,21-22,39H,3-5,15-16H2,1-2H3/b11-6+/i17D. The number of allylic oxidation sites excluding steroid dienone is 1. The third kappa shape index (κ3) is 6.22. The van der Waals surface area contributed by atoms with Gasteiger partial charge in [0.25, 0.3) is 10.0 Å². The fraction of sp³-hybridized carbons (Fsp3) is 0.281. The number of sulfonamides is 1. The van der Waals surface area contributed by atoms with Gasteiger partial charge in [0, 0.05) is 54.6 Å². The number of carbonyl (C=O) groups excluding carboxylic acids is 2. The van der Waals surface area contributed by atoms with Crippen LogP contribution in [-0.2, 0) is 19.6 Å². The first-order valence-corrected chi connectivity index (χ1v) is 16.1. The Balaban J connectivity index is 1.38. The average molecular weight is 668 g/mol. The van der Waals surface area contributed by atoms with Gasteiger partial charge in [-0.25, -0.2) is 36.5 Å². The Bertz CT molecular complexity index is 2090. The number of amides is 1. The Labute approximate surface area is 269 Å². The SMILES string of the molecule is [2H]c1nc(N2CC3CCCC(C2)N3C(=O)/C=C/C(C)=O)c2c(F)c(-c3cnc(OC)c(NS(=O)(=O)c4ccc(F)cc4F)c3)ccc2n1. The number of benzene rings is 2. The molecule has 2 bridgehead atoms. The van der Waals surface area contributed by atoms with E-state index in [9.17, 15) is 26.8 Å². The number of aromatic nitrogens is 3. The molecule has 2 aliphatic heterocycles. The number of hydrogen-bond donors (Lipinski definition) is 1. The van der Waals surface area contributed by atoms with Gasteiger partial charge in [0.1, 0.15) is 41.5 Å². The lowest BCUT2D eigenvalue weighted by Gasteiger charge is -2.50. The molecule has 2 fully saturated rings. The predicted molar refractivity (Wildman–Crippen MR) is 167 cm³/mol. The Morgan fingerprint density at radius 3 is 2.47 bits per heavy atom. The molecule has 2 aliphatic rings. The van der Waals surface area contributed by atoms with Crippen LogP contribution in [0.1, 0.15) is 27.6 Å². The first-order valence-electron chi connectivity index (χ1n) is 15.1. The molecule has 2 saturated heterocycles. The molecule has 0 radical (unpaired) electrons. The van der Waals surface area contributed by atoms with Crippen LogP contribution in [0.4, 0.5) is 24.7 Å². The third-order valence-corrected chi connectivity index (χ3v) is 9.59. The molecule has 0 saturated carbocycles. The Morgan fingerprint density at radius 1 is 1.04 bits per heavy atom. The molecule has 2 aromatic heterocycles. The number of piperazine rings is 1. The van der Waals surface area contributed by atoms with Crippen molar-refractivity contribution in [3.63, 3.8) is 0 Å². The average Bonchev–Trinajstić information content (AvgIpc) is 3.02. The molecule has 47 heavy (non-hydrogen) atoms. The summed E-state index contributed by atoms with van der Waals surface area (Å²) in [5, 5.41) is 0.0177. The molecular weight excluding hydrogens is 637 g/mol. The van der Waals surface area contributed by atoms with Gasteiger partial charge >= 0.3 is 0 Å². The summed E-state index contributed by atoms with van der Waals surface area (Å²) in [6.07, 6.45) is 5.71. The second-order valence-corrected chi connectivity index (χ2v) is 12.9. The molecule has 1 amide bonds. The zero-order valence-electron chi connectivity index (χ0n) is 26.2. The first-order chi connectivity index (χ1) is 22.9. The van der Waals surface area contributed by atoms with Crippen LogP contribution in [0.2, 0.25) is 0 Å². The number of methoxy groups -OCH3 is 1. The number of piperidine rings is 1. The van der Waals surface area contributed by atoms with E-state index in [1.165, 1.54) is 50.6 Å². The normalized spacial score (nSPS) is 18.4. The molecule has 2 aromatic carbocycles. The second kappa shape index (κ2) is 12.6. The van der Waals surface area contributed by atoms with E-state index < -0.39 is 32.4 Å². The van der Waals surface area contributed by atoms with Crippen LogP contribution in [0.15, 0.2) is 65.9 Å². The fourth-order valence-electron chi connectivity index (χ4n) is 6.15. The van der Waals surface area contributed by atoms with Crippen molar-refractivity contribution in [1.82, 2.24) is 19.9 Å². The van der Waals surface area contributed by atoms with E-state index in [1.54, 1.807) is 4.90 Å². The van der Waals surface area contributed by atoms with Crippen LogP contribution < -0.4 is 14.4 Å². The van der Waals surface area contributed by atoms with Crippen LogP contribution in [0, 0.1) is 17.5 Å². The molecule has 244 valence electrons. The number of nitrogens with one attached hydrogen (secondary N) is 1. The number of pyridine rings is 1. The third-order valence-electron chi connectivity index (χ3n) is 8.19. The van der Waals surface area contributed by atoms with E-state index in [0.29, 0.717) is 32.0 Å². The lowest BCUT2D eigenvalue weighted by atomic mass is 9.90. The summed E-state index contributed by atoms with van der Waals surface area (Å²) in [5.74, 6) is -3.57. The van der Waals surface area contributed by atoms with Crippen molar-refractivity contribution in [2.45, 2.75) is 43.2 Å². The number of nitrogens with zero attached hydrogens (tertiary/aromatic N) is 5. The molecule has 1 N–H and O–H groups in total. The summed E-state index contributed by atoms with van der Waals surface area (Å²) in [4.78, 5) is 39.8. The molecular formula is C32H29F3N6O5S. The van der Waals surface area contributed by atoms with Gasteiger partial charge in [-0.2, -0.15) is 0 Å². The maximum atomic E-state index is 16.6. The van der Waals surface area contributed by atoms with Crippen molar-refractivity contribution in [3.8, 4) is 17.0 Å². The maximum Gasteiger partial charge on any atom is 0.264 e. The summed E-state index contributed by atoms with van der Waals surface area (Å²) in [6, 6.07) is 5.70. The van der Waals surface area contributed by atoms with Gasteiger partial charge in [0.2, 0.25) is 11.8 Å². The van der Waals surface area contributed by atoms with Gasteiger partial charge in [-0.3, -0.25) is 14.3 Å². The van der Waals surface area contributed by atoms with Crippen molar-refractivity contribution in [2.24, 2.45) is 0 Å². The largest absolute Gasteiger partial charge is 0.480 e. The highest BCUT2D eigenvalue weighted by atomic mass is 32.2. The summed E-state index contributed by atoms with van der Waals surface area (Å²) in [5.41, 5.74) is 0.0482. The van der Waals surface area contributed by atoms with Gasteiger partial charge < -0.3 is 14.5 Å². The fourth-order valence-corrected chi connectivity index (χ4v) is 7.26. The van der Waals surface area contributed by atoms with Gasteiger partial charge in [-0.15, -0.1) is 0 Å². The zero-order valence-corrected chi connectivity index (χ0v) is 26.0. The van der Waals surface area contributed by atoms with E-state index in [0.717, 1.165) is 18.6 Å². The summed E-state index contributed by atoms with van der Waals surface area (Å²) < 4.78 is 86.1. The van der Waals surface area contributed by atoms with Crippen LogP contribution in [0.3, 0.4) is 0 Å². The molecule has 2 unspecified atom stereocenters. The molecule has 15 heteroatoms. The number of carbonyl (C=O) groups is 2. The van der Waals surface area contributed by atoms with Crippen molar-refractivity contribution in [3.05, 3.63) is 78.5 Å². The van der Waals surface area contributed by atoms with Crippen molar-refractivity contribution in [1.29, 1.82) is 0 Å². The lowest BCUT2D eigenvalue weighted by Crippen LogP contribution is -2.62. The molecule has 11 nitrogen and oxygen atoms in total. The second-order valence-electron chi connectivity index (χ2n) is 11.3. The molecule has 4 heterocycles. The smallest absolute Gasteiger partial charge is 0.264 e. The van der Waals surface area contributed by atoms with E-state index >= 15 is 4.39 Å². The van der Waals surface area contributed by atoms with Crippen molar-refractivity contribution >= 4 is 44.1 Å². The van der Waals surface area contributed by atoms with Gasteiger partial charge in [-0.1, -0.05) is 0 Å². The van der Waals surface area contributed by atoms with E-state index in [4.69, 9.17) is 6.11 Å². The number of hydrogen-bond acceptors (Lipinski definition) is 9. The van der Waals surface area contributed by atoms with E-state index in [2.05, 4.69) is 19.7 Å². The van der Waals surface area contributed by atoms with Crippen LogP contribution in [-0.4, -0.2) is 72.2 Å². The van der Waals surface area contributed by atoms with Crippen molar-refractivity contribution < 1.29 is 37.3 Å². The molecule has 0 spiro atoms. The quantitative estimate of drug-likeness (QED) is 0.267. The topological polar surface area (TPSA) is 135 Å². The zero-order chi connectivity index (χ0) is 34.3. The highest BCUT2D eigenvalue weighted by molar-refractivity contribution is 7.92. The molecule has 6 rings (SSSR count). The van der Waals surface area contributed by atoms with Gasteiger partial charge in [0.15, 0.2) is 5.78 Å². The summed E-state index contributed by atoms with van der Waals surface area (Å²) in [6.45, 7) is 1.98. The molecule has 0 aliphatic carbocycles. The number of fused-ring (bicyclic) bond motifs is 3. The van der Waals surface area contributed by atoms with Crippen LogP contribution >= 0.6 is 0 Å². The van der Waals surface area contributed by atoms with Crippen LogP contribution in [0.5, 0.6) is 5.88 Å². The maximum absolute atomic E-state index is 16.6. The van der Waals surface area contributed by atoms with E-state index in [1.807, 2.05) is 4.90 Å². The van der Waals surface area contributed by atoms with Gasteiger partial charge in [0.05, 0.1) is 18.0 Å². The first kappa shape index (κ1) is 30.6. The molecule has 4 aromatic rings. The van der Waals surface area contributed by atoms with Gasteiger partial charge in [-0.05, 0) is 62.6 Å². The number of halogens is 3. The predicted octanol–water partition coefficient (Wildman–Crippen LogP) is 4.63. The highest BCUT2D eigenvalue weighted by Gasteiger charge is 2.40. The number of ether oxygens (including phenoxy) is 1.